The van der Waals surface area contributed by atoms with E-state index in [-0.39, 0.29) is 5.60 Å². The summed E-state index contributed by atoms with van der Waals surface area (Å²) in [6.07, 6.45) is -0.417. The van der Waals surface area contributed by atoms with E-state index in [9.17, 15) is 5.11 Å². The average molecular weight is 249 g/mol. The quantitative estimate of drug-likeness (QED) is 0.891. The first kappa shape index (κ1) is 13.5. The molecular formula is C15H23NO2. The number of aryl methyl sites for hydroxylation is 1. The van der Waals surface area contributed by atoms with E-state index in [0.717, 1.165) is 30.8 Å². The molecule has 1 saturated heterocycles. The third-order valence-corrected chi connectivity index (χ3v) is 3.48. The van der Waals surface area contributed by atoms with Crippen molar-refractivity contribution in [1.29, 1.82) is 0 Å². The summed E-state index contributed by atoms with van der Waals surface area (Å²) in [4.78, 5) is 2.28. The molecule has 2 rings (SSSR count). The molecule has 0 radical (unpaired) electrons. The van der Waals surface area contributed by atoms with Crippen LogP contribution in [0, 0.1) is 6.92 Å². The predicted molar refractivity (Wildman–Crippen MR) is 72.6 cm³/mol. The molecule has 0 bridgehead atoms. The highest BCUT2D eigenvalue weighted by Gasteiger charge is 2.28. The Kier molecular flexibility index (Phi) is 4.05. The summed E-state index contributed by atoms with van der Waals surface area (Å²) >= 11 is 0. The van der Waals surface area contributed by atoms with Gasteiger partial charge < -0.3 is 9.84 Å². The zero-order valence-corrected chi connectivity index (χ0v) is 11.5. The fourth-order valence-corrected chi connectivity index (χ4v) is 2.57. The predicted octanol–water partition coefficient (Wildman–Crippen LogP) is 2.14. The van der Waals surface area contributed by atoms with Crippen LogP contribution in [0.2, 0.25) is 0 Å². The minimum Gasteiger partial charge on any atom is -0.387 e. The van der Waals surface area contributed by atoms with Gasteiger partial charge in [-0.25, -0.2) is 0 Å². The van der Waals surface area contributed by atoms with Crippen LogP contribution in [0.4, 0.5) is 0 Å². The Hall–Kier alpha value is -0.900. The third-order valence-electron chi connectivity index (χ3n) is 3.48. The van der Waals surface area contributed by atoms with E-state index in [2.05, 4.69) is 18.7 Å². The smallest absolute Gasteiger partial charge is 0.0919 e. The van der Waals surface area contributed by atoms with Gasteiger partial charge >= 0.3 is 0 Å². The molecule has 100 valence electrons. The monoisotopic (exact) mass is 249 g/mol. The van der Waals surface area contributed by atoms with Gasteiger partial charge in [0.15, 0.2) is 0 Å². The largest absolute Gasteiger partial charge is 0.387 e. The van der Waals surface area contributed by atoms with Crippen LogP contribution in [-0.2, 0) is 4.74 Å². The van der Waals surface area contributed by atoms with Crippen LogP contribution in [-0.4, -0.2) is 41.8 Å². The molecule has 0 spiro atoms. The molecule has 1 aromatic carbocycles. The zero-order valence-electron chi connectivity index (χ0n) is 11.5. The highest BCUT2D eigenvalue weighted by Crippen LogP contribution is 2.22. The molecule has 1 aliphatic rings. The maximum atomic E-state index is 10.3. The second-order valence-electron chi connectivity index (χ2n) is 5.72. The van der Waals surface area contributed by atoms with Crippen molar-refractivity contribution in [3.8, 4) is 0 Å². The minimum absolute atomic E-state index is 0.107. The molecule has 0 saturated carbocycles. The van der Waals surface area contributed by atoms with Crippen molar-refractivity contribution in [3.05, 3.63) is 35.4 Å². The van der Waals surface area contributed by atoms with Gasteiger partial charge in [0.25, 0.3) is 0 Å². The van der Waals surface area contributed by atoms with E-state index in [1.807, 2.05) is 31.2 Å². The highest BCUT2D eigenvalue weighted by atomic mass is 16.5. The number of hydrogen-bond donors (Lipinski definition) is 1. The number of morpholine rings is 1. The molecule has 1 aliphatic heterocycles. The maximum absolute atomic E-state index is 10.3. The topological polar surface area (TPSA) is 32.7 Å². The lowest BCUT2D eigenvalue weighted by molar-refractivity contribution is -0.0933. The number of nitrogens with zero attached hydrogens (tertiary/aromatic N) is 1. The molecule has 1 aromatic rings. The van der Waals surface area contributed by atoms with E-state index in [1.54, 1.807) is 0 Å². The fraction of sp³-hybridized carbons (Fsp3) is 0.600. The van der Waals surface area contributed by atoms with Crippen molar-refractivity contribution in [3.63, 3.8) is 0 Å². The highest BCUT2D eigenvalue weighted by molar-refractivity contribution is 5.27. The molecule has 1 atom stereocenters. The van der Waals surface area contributed by atoms with E-state index in [1.165, 1.54) is 0 Å². The minimum atomic E-state index is -0.417. The Morgan fingerprint density at radius 2 is 2.11 bits per heavy atom. The van der Waals surface area contributed by atoms with Crippen molar-refractivity contribution in [1.82, 2.24) is 4.90 Å². The van der Waals surface area contributed by atoms with Gasteiger partial charge in [-0.2, -0.15) is 0 Å². The molecule has 1 heterocycles. The molecule has 1 unspecified atom stereocenters. The van der Waals surface area contributed by atoms with Crippen molar-refractivity contribution >= 4 is 0 Å². The molecule has 0 aliphatic carbocycles. The van der Waals surface area contributed by atoms with Gasteiger partial charge in [0.2, 0.25) is 0 Å². The summed E-state index contributed by atoms with van der Waals surface area (Å²) in [7, 11) is 0. The molecule has 18 heavy (non-hydrogen) atoms. The van der Waals surface area contributed by atoms with Gasteiger partial charge in [-0.1, -0.05) is 24.3 Å². The van der Waals surface area contributed by atoms with E-state index in [4.69, 9.17) is 4.74 Å². The van der Waals surface area contributed by atoms with Crippen LogP contribution in [0.3, 0.4) is 0 Å². The summed E-state index contributed by atoms with van der Waals surface area (Å²) in [5.74, 6) is 0. The van der Waals surface area contributed by atoms with Gasteiger partial charge in [0, 0.05) is 19.6 Å². The Labute approximate surface area is 109 Å². The van der Waals surface area contributed by atoms with Crippen molar-refractivity contribution in [2.45, 2.75) is 32.5 Å². The van der Waals surface area contributed by atoms with Crippen LogP contribution in [0.5, 0.6) is 0 Å². The number of hydrogen-bond acceptors (Lipinski definition) is 3. The second kappa shape index (κ2) is 5.39. The van der Waals surface area contributed by atoms with Crippen LogP contribution in [0.25, 0.3) is 0 Å². The van der Waals surface area contributed by atoms with Gasteiger partial charge in [-0.15, -0.1) is 0 Å². The Morgan fingerprint density at radius 1 is 1.39 bits per heavy atom. The lowest BCUT2D eigenvalue weighted by Crippen LogP contribution is -2.49. The molecule has 3 heteroatoms. The number of aliphatic hydroxyl groups is 1. The normalized spacial score (nSPS) is 21.8. The molecule has 0 amide bonds. The van der Waals surface area contributed by atoms with Crippen LogP contribution in [0.15, 0.2) is 24.3 Å². The van der Waals surface area contributed by atoms with Crippen molar-refractivity contribution in [2.24, 2.45) is 0 Å². The maximum Gasteiger partial charge on any atom is 0.0919 e. The zero-order chi connectivity index (χ0) is 13.2. The molecular weight excluding hydrogens is 226 g/mol. The summed E-state index contributed by atoms with van der Waals surface area (Å²) in [5, 5.41) is 10.3. The Bertz CT molecular complexity index is 403. The third kappa shape index (κ3) is 3.31. The summed E-state index contributed by atoms with van der Waals surface area (Å²) < 4.78 is 5.68. The van der Waals surface area contributed by atoms with Gasteiger partial charge in [0.05, 0.1) is 18.3 Å². The number of ether oxygens (including phenoxy) is 1. The number of rotatable bonds is 3. The van der Waals surface area contributed by atoms with Crippen LogP contribution >= 0.6 is 0 Å². The molecule has 1 fully saturated rings. The van der Waals surface area contributed by atoms with Crippen molar-refractivity contribution < 1.29 is 9.84 Å². The number of β-amino-alcohol motifs (C(OH)–C–C–N with tert-alkyl or cyclic N) is 1. The first-order valence-corrected chi connectivity index (χ1v) is 6.58. The first-order chi connectivity index (χ1) is 8.48. The Balaban J connectivity index is 1.99. The number of benzene rings is 1. The fourth-order valence-electron chi connectivity index (χ4n) is 2.57. The average Bonchev–Trinajstić information content (AvgIpc) is 2.28. The number of aliphatic hydroxyl groups excluding tert-OH is 1. The Morgan fingerprint density at radius 3 is 2.78 bits per heavy atom. The van der Waals surface area contributed by atoms with E-state index in [0.29, 0.717) is 6.54 Å². The van der Waals surface area contributed by atoms with Crippen LogP contribution < -0.4 is 0 Å². The first-order valence-electron chi connectivity index (χ1n) is 6.58. The van der Waals surface area contributed by atoms with Gasteiger partial charge in [-0.3, -0.25) is 4.90 Å². The summed E-state index contributed by atoms with van der Waals surface area (Å²) in [6, 6.07) is 8.03. The van der Waals surface area contributed by atoms with Gasteiger partial charge in [0.1, 0.15) is 0 Å². The van der Waals surface area contributed by atoms with Crippen molar-refractivity contribution in [2.75, 3.05) is 26.2 Å². The second-order valence-corrected chi connectivity index (χ2v) is 5.72. The molecule has 0 aromatic heterocycles. The molecule has 1 N–H and O–H groups in total. The lowest BCUT2D eigenvalue weighted by Gasteiger charge is -2.39. The lowest BCUT2D eigenvalue weighted by atomic mass is 10.0. The van der Waals surface area contributed by atoms with Crippen LogP contribution in [0.1, 0.15) is 31.1 Å². The van der Waals surface area contributed by atoms with Gasteiger partial charge in [-0.05, 0) is 31.9 Å². The SMILES string of the molecule is Cc1ccccc1C(O)CN1CCOC(C)(C)C1. The summed E-state index contributed by atoms with van der Waals surface area (Å²) in [6.45, 7) is 9.42. The molecule has 3 nitrogen and oxygen atoms in total. The van der Waals surface area contributed by atoms with E-state index >= 15 is 0 Å². The van der Waals surface area contributed by atoms with E-state index < -0.39 is 6.10 Å². The summed E-state index contributed by atoms with van der Waals surface area (Å²) in [5.41, 5.74) is 2.07. The standard InChI is InChI=1S/C15H23NO2/c1-12-6-4-5-7-13(12)14(17)10-16-8-9-18-15(2,3)11-16/h4-7,14,17H,8-11H2,1-3H3.